The molecule has 0 aliphatic heterocycles. The van der Waals surface area contributed by atoms with E-state index in [0.717, 1.165) is 16.3 Å². The van der Waals surface area contributed by atoms with Crippen LogP contribution in [-0.4, -0.2) is 22.6 Å². The fourth-order valence-corrected chi connectivity index (χ4v) is 4.47. The van der Waals surface area contributed by atoms with Crippen molar-refractivity contribution in [1.82, 2.24) is 10.3 Å². The number of nitrogens with one attached hydrogen (secondary N) is 2. The van der Waals surface area contributed by atoms with Crippen molar-refractivity contribution in [3.63, 3.8) is 0 Å². The minimum absolute atomic E-state index is 0.149. The number of hydrogen-bond acceptors (Lipinski definition) is 5. The molecule has 0 atom stereocenters. The summed E-state index contributed by atoms with van der Waals surface area (Å²) in [6, 6.07) is 24.7. The molecule has 4 aromatic carbocycles. The van der Waals surface area contributed by atoms with E-state index in [-0.39, 0.29) is 17.6 Å². The Balaban J connectivity index is 1.23. The number of fused-ring (bicyclic) bond motifs is 2. The molecule has 8 heteroatoms. The van der Waals surface area contributed by atoms with Gasteiger partial charge in [-0.3, -0.25) is 10.1 Å². The predicted octanol–water partition coefficient (Wildman–Crippen LogP) is 7.32. The van der Waals surface area contributed by atoms with Crippen molar-refractivity contribution >= 4 is 62.4 Å². The third-order valence-electron chi connectivity index (χ3n) is 5.91. The lowest BCUT2D eigenvalue weighted by Crippen LogP contribution is -2.37. The van der Waals surface area contributed by atoms with Crippen molar-refractivity contribution in [1.29, 1.82) is 0 Å². The molecule has 0 aliphatic carbocycles. The highest BCUT2D eigenvalue weighted by Crippen LogP contribution is 2.34. The molecule has 0 spiro atoms. The molecule has 37 heavy (non-hydrogen) atoms. The number of carbonyl (C=O) groups excluding carboxylic acids is 1. The zero-order chi connectivity index (χ0) is 25.9. The van der Waals surface area contributed by atoms with Crippen LogP contribution in [0, 0.1) is 0 Å². The number of oxazole rings is 1. The van der Waals surface area contributed by atoms with Crippen molar-refractivity contribution in [2.75, 3.05) is 11.9 Å². The van der Waals surface area contributed by atoms with Crippen LogP contribution in [0.25, 0.3) is 33.3 Å². The lowest BCUT2D eigenvalue weighted by atomic mass is 10.0. The van der Waals surface area contributed by atoms with Gasteiger partial charge in [-0.15, -0.1) is 0 Å². The van der Waals surface area contributed by atoms with Crippen molar-refractivity contribution in [2.24, 2.45) is 0 Å². The first-order valence-electron chi connectivity index (χ1n) is 11.8. The SMILES string of the molecule is CC(C)c1ccc(OCC(=O)NC(=S)Nc2ccc3oc(-c4cccc5c(Cl)cccc45)nc3c2)cc1. The Morgan fingerprint density at radius 3 is 2.57 bits per heavy atom. The zero-order valence-electron chi connectivity index (χ0n) is 20.2. The lowest BCUT2D eigenvalue weighted by Gasteiger charge is -2.11. The molecule has 0 saturated carbocycles. The Kier molecular flexibility index (Phi) is 7.08. The number of hydrogen-bond donors (Lipinski definition) is 2. The van der Waals surface area contributed by atoms with Crippen LogP contribution in [0.5, 0.6) is 5.75 Å². The Morgan fingerprint density at radius 2 is 1.78 bits per heavy atom. The first-order valence-corrected chi connectivity index (χ1v) is 12.6. The van der Waals surface area contributed by atoms with E-state index >= 15 is 0 Å². The van der Waals surface area contributed by atoms with Crippen LogP contribution >= 0.6 is 23.8 Å². The molecular formula is C29H24ClN3O3S. The third kappa shape index (κ3) is 5.58. The summed E-state index contributed by atoms with van der Waals surface area (Å²) in [6.07, 6.45) is 0. The summed E-state index contributed by atoms with van der Waals surface area (Å²) in [6.45, 7) is 4.10. The Bertz CT molecular complexity index is 1610. The second-order valence-corrected chi connectivity index (χ2v) is 9.67. The molecule has 5 rings (SSSR count). The summed E-state index contributed by atoms with van der Waals surface area (Å²) in [7, 11) is 0. The maximum atomic E-state index is 12.3. The monoisotopic (exact) mass is 529 g/mol. The minimum atomic E-state index is -0.357. The molecule has 0 unspecified atom stereocenters. The number of thiocarbonyl (C=S) groups is 1. The Labute approximate surface area is 224 Å². The molecular weight excluding hydrogens is 506 g/mol. The van der Waals surface area contributed by atoms with Crippen molar-refractivity contribution in [3.05, 3.63) is 89.4 Å². The summed E-state index contributed by atoms with van der Waals surface area (Å²) in [5, 5.41) is 8.38. The van der Waals surface area contributed by atoms with E-state index in [9.17, 15) is 4.79 Å². The van der Waals surface area contributed by atoms with Gasteiger partial charge in [-0.2, -0.15) is 0 Å². The molecule has 0 fully saturated rings. The number of nitrogens with zero attached hydrogens (tertiary/aromatic N) is 1. The number of carbonyl (C=O) groups is 1. The standard InChI is InChI=1S/C29H24ClN3O3S/c1-17(2)18-9-12-20(13-10-18)35-16-27(34)33-29(37)31-19-11-14-26-25(15-19)32-28(36-26)23-7-3-6-22-21(23)5-4-8-24(22)30/h3-15,17H,16H2,1-2H3,(H2,31,33,34,37). The third-order valence-corrected chi connectivity index (χ3v) is 6.45. The summed E-state index contributed by atoms with van der Waals surface area (Å²) >= 11 is 11.7. The van der Waals surface area contributed by atoms with Gasteiger partial charge in [0.25, 0.3) is 5.91 Å². The lowest BCUT2D eigenvalue weighted by molar-refractivity contribution is -0.121. The van der Waals surface area contributed by atoms with Crippen molar-refractivity contribution in [3.8, 4) is 17.2 Å². The topological polar surface area (TPSA) is 76.4 Å². The van der Waals surface area contributed by atoms with Gasteiger partial charge >= 0.3 is 0 Å². The highest BCUT2D eigenvalue weighted by Gasteiger charge is 2.14. The van der Waals surface area contributed by atoms with Crippen LogP contribution in [0.1, 0.15) is 25.3 Å². The van der Waals surface area contributed by atoms with Gasteiger partial charge in [-0.1, -0.05) is 61.8 Å². The van der Waals surface area contributed by atoms with Crippen molar-refractivity contribution in [2.45, 2.75) is 19.8 Å². The number of rotatable bonds is 6. The van der Waals surface area contributed by atoms with E-state index in [2.05, 4.69) is 29.5 Å². The van der Waals surface area contributed by atoms with Gasteiger partial charge in [0.05, 0.1) is 0 Å². The van der Waals surface area contributed by atoms with Gasteiger partial charge < -0.3 is 14.5 Å². The van der Waals surface area contributed by atoms with Gasteiger partial charge in [-0.25, -0.2) is 4.98 Å². The first-order chi connectivity index (χ1) is 17.9. The quantitative estimate of drug-likeness (QED) is 0.224. The minimum Gasteiger partial charge on any atom is -0.484 e. The number of ether oxygens (including phenoxy) is 1. The predicted molar refractivity (Wildman–Crippen MR) is 152 cm³/mol. The normalized spacial score (nSPS) is 11.1. The molecule has 1 aromatic heterocycles. The maximum Gasteiger partial charge on any atom is 0.264 e. The average Bonchev–Trinajstić information content (AvgIpc) is 3.31. The van der Waals surface area contributed by atoms with E-state index in [4.69, 9.17) is 33.0 Å². The van der Waals surface area contributed by atoms with E-state index < -0.39 is 0 Å². The molecule has 1 heterocycles. The molecule has 0 saturated heterocycles. The van der Waals surface area contributed by atoms with Gasteiger partial charge in [0.1, 0.15) is 11.3 Å². The van der Waals surface area contributed by atoms with E-state index in [1.165, 1.54) is 5.56 Å². The fraction of sp³-hybridized carbons (Fsp3) is 0.138. The number of halogens is 1. The molecule has 0 radical (unpaired) electrons. The zero-order valence-corrected chi connectivity index (χ0v) is 21.8. The summed E-state index contributed by atoms with van der Waals surface area (Å²) in [5.74, 6) is 1.19. The van der Waals surface area contributed by atoms with E-state index in [1.54, 1.807) is 6.07 Å². The maximum absolute atomic E-state index is 12.3. The van der Waals surface area contributed by atoms with Crippen LogP contribution in [0.4, 0.5) is 5.69 Å². The number of anilines is 1. The van der Waals surface area contributed by atoms with Crippen molar-refractivity contribution < 1.29 is 13.9 Å². The fourth-order valence-electron chi connectivity index (χ4n) is 4.00. The second kappa shape index (κ2) is 10.6. The molecule has 0 bridgehead atoms. The Hall–Kier alpha value is -3.94. The van der Waals surface area contributed by atoms with Gasteiger partial charge in [0, 0.05) is 21.7 Å². The van der Waals surface area contributed by atoms with Gasteiger partial charge in [0.2, 0.25) is 5.89 Å². The summed E-state index contributed by atoms with van der Waals surface area (Å²) < 4.78 is 11.6. The van der Waals surface area contributed by atoms with Crippen LogP contribution in [0.15, 0.2) is 83.3 Å². The average molecular weight is 530 g/mol. The van der Waals surface area contributed by atoms with Crippen LogP contribution in [0.2, 0.25) is 5.02 Å². The smallest absolute Gasteiger partial charge is 0.264 e. The molecule has 2 N–H and O–H groups in total. The molecule has 6 nitrogen and oxygen atoms in total. The highest BCUT2D eigenvalue weighted by molar-refractivity contribution is 7.80. The van der Waals surface area contributed by atoms with Crippen LogP contribution in [-0.2, 0) is 4.79 Å². The number of aromatic nitrogens is 1. The van der Waals surface area contributed by atoms with Gasteiger partial charge in [-0.05, 0) is 71.6 Å². The molecule has 1 amide bonds. The van der Waals surface area contributed by atoms with Crippen LogP contribution in [0.3, 0.4) is 0 Å². The number of benzene rings is 4. The highest BCUT2D eigenvalue weighted by atomic mass is 35.5. The van der Waals surface area contributed by atoms with Crippen LogP contribution < -0.4 is 15.4 Å². The Morgan fingerprint density at radius 1 is 1.03 bits per heavy atom. The summed E-state index contributed by atoms with van der Waals surface area (Å²) in [4.78, 5) is 17.0. The molecule has 0 aliphatic rings. The summed E-state index contributed by atoms with van der Waals surface area (Å²) in [5.41, 5.74) is 4.02. The molecule has 5 aromatic rings. The second-order valence-electron chi connectivity index (χ2n) is 8.86. The molecule has 186 valence electrons. The number of amides is 1. The van der Waals surface area contributed by atoms with E-state index in [0.29, 0.717) is 39.4 Å². The van der Waals surface area contributed by atoms with Gasteiger partial charge in [0.15, 0.2) is 17.3 Å². The first kappa shape index (κ1) is 24.7. The van der Waals surface area contributed by atoms with E-state index in [1.807, 2.05) is 72.8 Å². The largest absolute Gasteiger partial charge is 0.484 e.